The number of amides is 2. The third-order valence-corrected chi connectivity index (χ3v) is 4.47. The molecule has 2 amide bonds. The van der Waals surface area contributed by atoms with Crippen molar-refractivity contribution in [3.05, 3.63) is 83.4 Å². The molecule has 0 aliphatic heterocycles. The third kappa shape index (κ3) is 5.76. The Bertz CT molecular complexity index is 1050. The quantitative estimate of drug-likeness (QED) is 0.547. The van der Waals surface area contributed by atoms with Crippen LogP contribution in [0.2, 0.25) is 0 Å². The van der Waals surface area contributed by atoms with E-state index in [4.69, 9.17) is 19.9 Å². The molecule has 0 bridgehead atoms. The number of rotatable bonds is 9. The first-order valence-corrected chi connectivity index (χ1v) is 9.76. The van der Waals surface area contributed by atoms with Crippen LogP contribution in [0.1, 0.15) is 33.2 Å². The minimum absolute atomic E-state index is 0.204. The summed E-state index contributed by atoms with van der Waals surface area (Å²) in [6.45, 7) is 2.81. The van der Waals surface area contributed by atoms with Gasteiger partial charge in [0.25, 0.3) is 5.91 Å². The predicted octanol–water partition coefficient (Wildman–Crippen LogP) is 3.92. The molecule has 0 heterocycles. The summed E-state index contributed by atoms with van der Waals surface area (Å²) in [7, 11) is 1.58. The molecule has 0 saturated carbocycles. The van der Waals surface area contributed by atoms with E-state index in [1.165, 1.54) is 0 Å². The van der Waals surface area contributed by atoms with Crippen LogP contribution in [0.25, 0.3) is 0 Å². The van der Waals surface area contributed by atoms with Crippen LogP contribution in [0, 0.1) is 0 Å². The number of nitrogens with one attached hydrogen (secondary N) is 1. The Hall–Kier alpha value is -4.00. The molecule has 0 fully saturated rings. The molecule has 0 aliphatic carbocycles. The maximum absolute atomic E-state index is 12.5. The number of hydrogen-bond donors (Lipinski definition) is 2. The van der Waals surface area contributed by atoms with Crippen LogP contribution >= 0.6 is 0 Å². The van der Waals surface area contributed by atoms with Crippen molar-refractivity contribution in [3.63, 3.8) is 0 Å². The highest BCUT2D eigenvalue weighted by Gasteiger charge is 2.09. The Kier molecular flexibility index (Phi) is 7.11. The first-order valence-electron chi connectivity index (χ1n) is 9.76. The number of primary amides is 1. The van der Waals surface area contributed by atoms with Crippen molar-refractivity contribution >= 4 is 11.8 Å². The Labute approximate surface area is 180 Å². The minimum Gasteiger partial charge on any atom is -0.493 e. The van der Waals surface area contributed by atoms with E-state index in [9.17, 15) is 9.59 Å². The monoisotopic (exact) mass is 420 g/mol. The molecule has 0 saturated heterocycles. The molecule has 0 aromatic heterocycles. The molecule has 3 aromatic rings. The summed E-state index contributed by atoms with van der Waals surface area (Å²) in [6.07, 6.45) is 0. The Balaban J connectivity index is 1.58. The van der Waals surface area contributed by atoms with E-state index in [2.05, 4.69) is 5.32 Å². The number of methoxy groups -OCH3 is 1. The molecule has 7 heteroatoms. The van der Waals surface area contributed by atoms with Gasteiger partial charge in [0.15, 0.2) is 11.5 Å². The van der Waals surface area contributed by atoms with E-state index in [1.54, 1.807) is 55.6 Å². The van der Waals surface area contributed by atoms with Crippen LogP contribution in [-0.4, -0.2) is 25.5 Å². The lowest BCUT2D eigenvalue weighted by molar-refractivity contribution is 0.0949. The van der Waals surface area contributed by atoms with Gasteiger partial charge in [0.05, 0.1) is 13.7 Å². The van der Waals surface area contributed by atoms with Crippen LogP contribution in [0.4, 0.5) is 0 Å². The number of ether oxygens (including phenoxy) is 3. The first-order chi connectivity index (χ1) is 15.0. The van der Waals surface area contributed by atoms with Crippen molar-refractivity contribution in [1.29, 1.82) is 0 Å². The van der Waals surface area contributed by atoms with Gasteiger partial charge in [0, 0.05) is 17.7 Å². The highest BCUT2D eigenvalue weighted by Crippen LogP contribution is 2.28. The van der Waals surface area contributed by atoms with E-state index in [1.807, 2.05) is 25.1 Å². The summed E-state index contributed by atoms with van der Waals surface area (Å²) in [5, 5.41) is 2.88. The Morgan fingerprint density at radius 1 is 0.871 bits per heavy atom. The van der Waals surface area contributed by atoms with Gasteiger partial charge >= 0.3 is 0 Å². The summed E-state index contributed by atoms with van der Waals surface area (Å²) in [4.78, 5) is 23.6. The van der Waals surface area contributed by atoms with Gasteiger partial charge in [-0.25, -0.2) is 0 Å². The van der Waals surface area contributed by atoms with Gasteiger partial charge in [-0.1, -0.05) is 6.07 Å². The normalized spacial score (nSPS) is 10.3. The molecule has 3 N–H and O–H groups in total. The van der Waals surface area contributed by atoms with Crippen LogP contribution < -0.4 is 25.3 Å². The molecule has 0 aliphatic rings. The van der Waals surface area contributed by atoms with Crippen molar-refractivity contribution in [1.82, 2.24) is 5.32 Å². The summed E-state index contributed by atoms with van der Waals surface area (Å²) >= 11 is 0. The molecule has 3 aromatic carbocycles. The van der Waals surface area contributed by atoms with Gasteiger partial charge in [-0.3, -0.25) is 9.59 Å². The van der Waals surface area contributed by atoms with Gasteiger partial charge in [-0.2, -0.15) is 0 Å². The van der Waals surface area contributed by atoms with Gasteiger partial charge in [0.1, 0.15) is 11.5 Å². The van der Waals surface area contributed by atoms with Gasteiger partial charge in [-0.15, -0.1) is 0 Å². The van der Waals surface area contributed by atoms with Crippen LogP contribution in [0.5, 0.6) is 23.0 Å². The number of hydrogen-bond acceptors (Lipinski definition) is 5. The second-order valence-electron chi connectivity index (χ2n) is 6.62. The second kappa shape index (κ2) is 10.2. The van der Waals surface area contributed by atoms with Crippen molar-refractivity contribution in [2.24, 2.45) is 5.73 Å². The highest BCUT2D eigenvalue weighted by molar-refractivity contribution is 5.94. The topological polar surface area (TPSA) is 99.9 Å². The molecule has 31 heavy (non-hydrogen) atoms. The van der Waals surface area contributed by atoms with Crippen molar-refractivity contribution in [2.45, 2.75) is 13.5 Å². The molecular weight excluding hydrogens is 396 g/mol. The maximum Gasteiger partial charge on any atom is 0.251 e. The van der Waals surface area contributed by atoms with E-state index < -0.39 is 5.91 Å². The average Bonchev–Trinajstić information content (AvgIpc) is 2.79. The molecule has 0 spiro atoms. The fourth-order valence-corrected chi connectivity index (χ4v) is 2.88. The van der Waals surface area contributed by atoms with E-state index in [0.717, 1.165) is 5.56 Å². The van der Waals surface area contributed by atoms with Crippen molar-refractivity contribution in [2.75, 3.05) is 13.7 Å². The molecule has 0 atom stereocenters. The van der Waals surface area contributed by atoms with Gasteiger partial charge in [-0.05, 0) is 73.2 Å². The van der Waals surface area contributed by atoms with E-state index in [-0.39, 0.29) is 5.91 Å². The van der Waals surface area contributed by atoms with Crippen molar-refractivity contribution < 1.29 is 23.8 Å². The number of benzene rings is 3. The zero-order valence-corrected chi connectivity index (χ0v) is 17.4. The summed E-state index contributed by atoms with van der Waals surface area (Å²) in [5.41, 5.74) is 7.04. The Morgan fingerprint density at radius 3 is 2.03 bits per heavy atom. The second-order valence-corrected chi connectivity index (χ2v) is 6.62. The lowest BCUT2D eigenvalue weighted by Gasteiger charge is -2.12. The maximum atomic E-state index is 12.5. The summed E-state index contributed by atoms with van der Waals surface area (Å²) < 4.78 is 16.6. The number of nitrogens with two attached hydrogens (primary N) is 1. The fourth-order valence-electron chi connectivity index (χ4n) is 2.88. The average molecular weight is 420 g/mol. The molecule has 3 rings (SSSR count). The smallest absolute Gasteiger partial charge is 0.251 e. The lowest BCUT2D eigenvalue weighted by atomic mass is 10.1. The SMILES string of the molecule is CCOc1ccc(CNC(=O)c2ccc(Oc3ccc(C(N)=O)cc3)cc2)cc1OC. The van der Waals surface area contributed by atoms with Crippen LogP contribution in [0.3, 0.4) is 0 Å². The number of carbonyl (C=O) groups excluding carboxylic acids is 2. The molecule has 160 valence electrons. The molecule has 7 nitrogen and oxygen atoms in total. The summed E-state index contributed by atoms with van der Waals surface area (Å²) in [5.74, 6) is 1.72. The standard InChI is InChI=1S/C24H24N2O5/c1-3-30-21-13-4-16(14-22(21)29-2)15-26-24(28)18-7-11-20(12-8-18)31-19-9-5-17(6-10-19)23(25)27/h4-14H,3,15H2,1-2H3,(H2,25,27)(H,26,28). The molecule has 0 radical (unpaired) electrons. The van der Waals surface area contributed by atoms with E-state index >= 15 is 0 Å². The largest absolute Gasteiger partial charge is 0.493 e. The van der Waals surface area contributed by atoms with Crippen LogP contribution in [-0.2, 0) is 6.54 Å². The van der Waals surface area contributed by atoms with Gasteiger partial charge in [0.2, 0.25) is 5.91 Å². The number of carbonyl (C=O) groups is 2. The zero-order valence-electron chi connectivity index (χ0n) is 17.4. The van der Waals surface area contributed by atoms with Crippen molar-refractivity contribution in [3.8, 4) is 23.0 Å². The third-order valence-electron chi connectivity index (χ3n) is 4.47. The Morgan fingerprint density at radius 2 is 1.48 bits per heavy atom. The van der Waals surface area contributed by atoms with Crippen LogP contribution in [0.15, 0.2) is 66.7 Å². The predicted molar refractivity (Wildman–Crippen MR) is 117 cm³/mol. The minimum atomic E-state index is -0.495. The van der Waals surface area contributed by atoms with Gasteiger partial charge < -0.3 is 25.3 Å². The highest BCUT2D eigenvalue weighted by atomic mass is 16.5. The fraction of sp³-hybridized carbons (Fsp3) is 0.167. The zero-order chi connectivity index (χ0) is 22.2. The molecule has 0 unspecified atom stereocenters. The first kappa shape index (κ1) is 21.7. The lowest BCUT2D eigenvalue weighted by Crippen LogP contribution is -2.22. The molecular formula is C24H24N2O5. The summed E-state index contributed by atoms with van der Waals surface area (Å²) in [6, 6.07) is 18.8. The van der Waals surface area contributed by atoms with E-state index in [0.29, 0.717) is 47.3 Å².